The molecule has 1 N–H and O–H groups in total. The van der Waals surface area contributed by atoms with Crippen molar-refractivity contribution in [2.45, 2.75) is 36.7 Å². The first kappa shape index (κ1) is 14.4. The van der Waals surface area contributed by atoms with Crippen molar-refractivity contribution >= 4 is 11.8 Å². The van der Waals surface area contributed by atoms with Crippen molar-refractivity contribution in [3.8, 4) is 6.07 Å². The first-order valence-corrected chi connectivity index (χ1v) is 7.23. The number of aryl methyl sites for hydroxylation is 2. The number of nitriles is 1. The quantitative estimate of drug-likeness (QED) is 0.876. The predicted octanol–water partition coefficient (Wildman–Crippen LogP) is 3.05. The van der Waals surface area contributed by atoms with Crippen molar-refractivity contribution in [1.82, 2.24) is 9.97 Å². The van der Waals surface area contributed by atoms with Crippen molar-refractivity contribution in [1.29, 1.82) is 5.26 Å². The summed E-state index contributed by atoms with van der Waals surface area (Å²) in [6.45, 7) is 3.95. The highest BCUT2D eigenvalue weighted by atomic mass is 32.2. The Morgan fingerprint density at radius 2 is 2.20 bits per heavy atom. The monoisotopic (exact) mass is 285 g/mol. The number of hydrogen-bond acceptors (Lipinski definition) is 4. The van der Waals surface area contributed by atoms with Crippen LogP contribution in [-0.2, 0) is 6.42 Å². The van der Waals surface area contributed by atoms with Gasteiger partial charge in [0.25, 0.3) is 5.56 Å². The number of H-pyrrole nitrogens is 1. The van der Waals surface area contributed by atoms with Gasteiger partial charge in [-0.2, -0.15) is 5.26 Å². The molecule has 1 heterocycles. The van der Waals surface area contributed by atoms with Crippen LogP contribution in [0.1, 0.15) is 30.2 Å². The molecule has 20 heavy (non-hydrogen) atoms. The minimum Gasteiger partial charge on any atom is -0.301 e. The molecular weight excluding hydrogens is 270 g/mol. The van der Waals surface area contributed by atoms with E-state index in [9.17, 15) is 4.79 Å². The maximum atomic E-state index is 11.6. The lowest BCUT2D eigenvalue weighted by Gasteiger charge is -2.05. The van der Waals surface area contributed by atoms with Crippen LogP contribution in [-0.4, -0.2) is 9.97 Å². The van der Waals surface area contributed by atoms with Crippen molar-refractivity contribution in [2.75, 3.05) is 0 Å². The highest BCUT2D eigenvalue weighted by molar-refractivity contribution is 7.99. The van der Waals surface area contributed by atoms with E-state index in [1.165, 1.54) is 17.8 Å². The summed E-state index contributed by atoms with van der Waals surface area (Å²) < 4.78 is 0. The Morgan fingerprint density at radius 3 is 2.85 bits per heavy atom. The minimum atomic E-state index is -0.128. The Labute approximate surface area is 121 Å². The van der Waals surface area contributed by atoms with Gasteiger partial charge in [-0.15, -0.1) is 0 Å². The van der Waals surface area contributed by atoms with Crippen LogP contribution in [0, 0.1) is 18.3 Å². The molecule has 4 nitrogen and oxygen atoms in total. The second-order valence-electron chi connectivity index (χ2n) is 4.48. The fraction of sp³-hybridized carbons (Fsp3) is 0.267. The van der Waals surface area contributed by atoms with E-state index in [0.29, 0.717) is 10.7 Å². The summed E-state index contributed by atoms with van der Waals surface area (Å²) in [5.41, 5.74) is 2.26. The third-order valence-corrected chi connectivity index (χ3v) is 3.69. The van der Waals surface area contributed by atoms with E-state index >= 15 is 0 Å². The van der Waals surface area contributed by atoms with Crippen molar-refractivity contribution in [3.05, 3.63) is 51.4 Å². The first-order valence-electron chi connectivity index (χ1n) is 6.41. The molecule has 0 unspecified atom stereocenters. The van der Waals surface area contributed by atoms with E-state index in [0.717, 1.165) is 29.0 Å². The Kier molecular flexibility index (Phi) is 4.59. The smallest absolute Gasteiger partial charge is 0.251 e. The summed E-state index contributed by atoms with van der Waals surface area (Å²) in [6, 6.07) is 9.25. The first-order chi connectivity index (χ1) is 9.62. The van der Waals surface area contributed by atoms with Crippen LogP contribution < -0.4 is 5.56 Å². The van der Waals surface area contributed by atoms with Crippen LogP contribution in [0.5, 0.6) is 0 Å². The number of nitrogens with zero attached hydrogens (tertiary/aromatic N) is 2. The molecule has 0 amide bonds. The van der Waals surface area contributed by atoms with E-state index in [2.05, 4.69) is 23.0 Å². The average molecular weight is 285 g/mol. The lowest BCUT2D eigenvalue weighted by Crippen LogP contribution is -2.09. The van der Waals surface area contributed by atoms with Gasteiger partial charge in [0.1, 0.15) is 0 Å². The molecule has 0 radical (unpaired) electrons. The summed E-state index contributed by atoms with van der Waals surface area (Å²) in [7, 11) is 0. The fourth-order valence-electron chi connectivity index (χ4n) is 1.85. The van der Waals surface area contributed by atoms with Crippen molar-refractivity contribution in [3.63, 3.8) is 0 Å². The minimum absolute atomic E-state index is 0.128. The van der Waals surface area contributed by atoms with Gasteiger partial charge in [0.2, 0.25) is 0 Å². The Hall–Kier alpha value is -2.06. The number of hydrogen-bond donors (Lipinski definition) is 1. The topological polar surface area (TPSA) is 69.5 Å². The zero-order chi connectivity index (χ0) is 14.5. The molecule has 102 valence electrons. The van der Waals surface area contributed by atoms with E-state index in [-0.39, 0.29) is 5.56 Å². The number of aromatic nitrogens is 2. The molecule has 2 aromatic rings. The highest BCUT2D eigenvalue weighted by Crippen LogP contribution is 2.25. The Morgan fingerprint density at radius 1 is 1.40 bits per heavy atom. The van der Waals surface area contributed by atoms with Gasteiger partial charge >= 0.3 is 0 Å². The lowest BCUT2D eigenvalue weighted by molar-refractivity contribution is 0.816. The van der Waals surface area contributed by atoms with Crippen LogP contribution >= 0.6 is 11.8 Å². The molecule has 0 atom stereocenters. The maximum Gasteiger partial charge on any atom is 0.251 e. The van der Waals surface area contributed by atoms with Crippen LogP contribution in [0.2, 0.25) is 0 Å². The normalized spacial score (nSPS) is 10.2. The van der Waals surface area contributed by atoms with Crippen LogP contribution in [0.15, 0.2) is 39.1 Å². The Bertz CT molecular complexity index is 716. The summed E-state index contributed by atoms with van der Waals surface area (Å²) in [5.74, 6) is 0. The third kappa shape index (κ3) is 3.49. The molecule has 1 aromatic carbocycles. The average Bonchev–Trinajstić information content (AvgIpc) is 2.38. The van der Waals surface area contributed by atoms with Gasteiger partial charge < -0.3 is 4.98 Å². The van der Waals surface area contributed by atoms with E-state index in [1.807, 2.05) is 19.1 Å². The van der Waals surface area contributed by atoms with Crippen molar-refractivity contribution < 1.29 is 0 Å². The highest BCUT2D eigenvalue weighted by Gasteiger charge is 2.05. The van der Waals surface area contributed by atoms with Gasteiger partial charge in [-0.1, -0.05) is 25.1 Å². The second-order valence-corrected chi connectivity index (χ2v) is 5.54. The molecule has 0 aliphatic carbocycles. The van der Waals surface area contributed by atoms with Crippen LogP contribution in [0.25, 0.3) is 0 Å². The van der Waals surface area contributed by atoms with Gasteiger partial charge in [-0.05, 0) is 37.1 Å². The van der Waals surface area contributed by atoms with Gasteiger partial charge in [0, 0.05) is 16.7 Å². The van der Waals surface area contributed by atoms with Gasteiger partial charge in [0.15, 0.2) is 5.16 Å². The van der Waals surface area contributed by atoms with E-state index in [4.69, 9.17) is 5.26 Å². The molecule has 5 heteroatoms. The van der Waals surface area contributed by atoms with Gasteiger partial charge in [0.05, 0.1) is 11.6 Å². The Balaban J connectivity index is 2.28. The summed E-state index contributed by atoms with van der Waals surface area (Å²) in [4.78, 5) is 19.7. The molecule has 0 bridgehead atoms. The largest absolute Gasteiger partial charge is 0.301 e. The molecule has 2 rings (SSSR count). The summed E-state index contributed by atoms with van der Waals surface area (Å²) in [5, 5.41) is 9.50. The molecule has 0 spiro atoms. The zero-order valence-corrected chi connectivity index (χ0v) is 12.3. The summed E-state index contributed by atoms with van der Waals surface area (Å²) in [6.07, 6.45) is 1.75. The molecule has 0 saturated carbocycles. The molecule has 0 aliphatic rings. The maximum absolute atomic E-state index is 11.6. The molecular formula is C15H15N3OS. The van der Waals surface area contributed by atoms with Gasteiger partial charge in [-0.25, -0.2) is 4.98 Å². The summed E-state index contributed by atoms with van der Waals surface area (Å²) >= 11 is 1.40. The zero-order valence-electron chi connectivity index (χ0n) is 11.4. The number of aromatic amines is 1. The number of nitrogens with one attached hydrogen (secondary N) is 1. The molecule has 1 aromatic heterocycles. The molecule has 0 saturated heterocycles. The third-order valence-electron chi connectivity index (χ3n) is 2.81. The van der Waals surface area contributed by atoms with Crippen LogP contribution in [0.3, 0.4) is 0 Å². The SMILES string of the molecule is CCCc1cc(=O)[nH]c(Sc2ccc(C#N)c(C)c2)n1. The second kappa shape index (κ2) is 6.40. The predicted molar refractivity (Wildman–Crippen MR) is 78.9 cm³/mol. The molecule has 0 aliphatic heterocycles. The van der Waals surface area contributed by atoms with Gasteiger partial charge in [-0.3, -0.25) is 4.79 Å². The number of rotatable bonds is 4. The standard InChI is InChI=1S/C15H15N3OS/c1-3-4-12-8-14(19)18-15(17-12)20-13-6-5-11(9-16)10(2)7-13/h5-8H,3-4H2,1-2H3,(H,17,18,19). The molecule has 0 fully saturated rings. The number of benzene rings is 1. The fourth-order valence-corrected chi connectivity index (χ4v) is 2.76. The van der Waals surface area contributed by atoms with Crippen LogP contribution in [0.4, 0.5) is 0 Å². The lowest BCUT2D eigenvalue weighted by atomic mass is 10.1. The van der Waals surface area contributed by atoms with E-state index in [1.54, 1.807) is 6.07 Å². The van der Waals surface area contributed by atoms with E-state index < -0.39 is 0 Å². The van der Waals surface area contributed by atoms with Crippen molar-refractivity contribution in [2.24, 2.45) is 0 Å².